The number of Topliss-reactive ketones (excluding diaryl/α,β-unsaturated/α-hetero) is 1. The van der Waals surface area contributed by atoms with E-state index in [9.17, 15) is 14.4 Å². The molecule has 1 N–H and O–H groups in total. The van der Waals surface area contributed by atoms with Crippen LogP contribution in [-0.2, 0) is 20.2 Å². The maximum Gasteiger partial charge on any atom is 0.408 e. The predicted molar refractivity (Wildman–Crippen MR) is 164 cm³/mol. The normalized spacial score (nSPS) is 28.8. The summed E-state index contributed by atoms with van der Waals surface area (Å²) in [6, 6.07) is 2.26. The van der Waals surface area contributed by atoms with Gasteiger partial charge in [-0.05, 0) is 56.1 Å². The Bertz CT molecular complexity index is 1490. The van der Waals surface area contributed by atoms with Crippen LogP contribution in [-0.4, -0.2) is 65.6 Å². The van der Waals surface area contributed by atoms with Crippen LogP contribution in [0.1, 0.15) is 85.1 Å². The number of pyridine rings is 1. The second-order valence-electron chi connectivity index (χ2n) is 14.0. The number of ether oxygens (including phenoxy) is 3. The monoisotopic (exact) mass is 647 g/mol. The van der Waals surface area contributed by atoms with Crippen LogP contribution in [0.4, 0.5) is 18.0 Å². The van der Waals surface area contributed by atoms with Crippen molar-refractivity contribution in [2.24, 2.45) is 17.3 Å². The molecule has 6 atom stereocenters. The summed E-state index contributed by atoms with van der Waals surface area (Å²) < 4.78 is 65.3. The summed E-state index contributed by atoms with van der Waals surface area (Å²) in [4.78, 5) is 46.0. The molecule has 9 nitrogen and oxygen atoms in total. The van der Waals surface area contributed by atoms with Gasteiger partial charge in [0.2, 0.25) is 11.8 Å². The standard InChI is InChI=1S/C34H44F3N3O6/c1-7-21-25-17-40(28(21)18(2)41)31(42)29(33(3,4)5)39-32(43)46-24-15-19(24)11-9-8-10-14-34(36,37)26-27(35)22-13-12-20(44-6)16-23(22)38-30(26)45-25/h12-13,16,19,21,24-25,28-29H,7-11,14-15,17H2,1-6H3,(H,39,43)/t19-,21?,24-,25+,28-,29-/m1/s1. The molecular weight excluding hydrogens is 603 g/mol. The molecule has 1 saturated heterocycles. The highest BCUT2D eigenvalue weighted by Gasteiger charge is 2.51. The van der Waals surface area contributed by atoms with Gasteiger partial charge in [-0.25, -0.2) is 22.9 Å². The van der Waals surface area contributed by atoms with Gasteiger partial charge in [-0.2, -0.15) is 0 Å². The van der Waals surface area contributed by atoms with Crippen LogP contribution in [0.5, 0.6) is 11.6 Å². The summed E-state index contributed by atoms with van der Waals surface area (Å²) in [6.07, 6.45) is 0.371. The van der Waals surface area contributed by atoms with Crippen molar-refractivity contribution in [3.63, 3.8) is 0 Å². The minimum Gasteiger partial charge on any atom is -0.497 e. The van der Waals surface area contributed by atoms with Gasteiger partial charge in [0.25, 0.3) is 5.92 Å². The van der Waals surface area contributed by atoms with Crippen LogP contribution in [0, 0.1) is 23.1 Å². The minimum atomic E-state index is -3.61. The molecule has 1 aromatic heterocycles. The number of methoxy groups -OCH3 is 1. The van der Waals surface area contributed by atoms with E-state index in [1.165, 1.54) is 37.1 Å². The molecule has 2 amide bonds. The summed E-state index contributed by atoms with van der Waals surface area (Å²) in [7, 11) is 1.43. The molecule has 1 aliphatic carbocycles. The van der Waals surface area contributed by atoms with Gasteiger partial charge in [0.15, 0.2) is 5.78 Å². The van der Waals surface area contributed by atoms with Crippen molar-refractivity contribution in [2.45, 2.75) is 110 Å². The molecule has 2 fully saturated rings. The summed E-state index contributed by atoms with van der Waals surface area (Å²) in [6.45, 7) is 8.38. The van der Waals surface area contributed by atoms with Crippen LogP contribution in [0.15, 0.2) is 18.2 Å². The number of alkyl halides is 2. The number of rotatable bonds is 3. The second-order valence-corrected chi connectivity index (χ2v) is 14.0. The number of aromatic nitrogens is 1. The summed E-state index contributed by atoms with van der Waals surface area (Å²) in [5.74, 6) is -6.30. The Labute approximate surface area is 267 Å². The molecule has 2 bridgehead atoms. The van der Waals surface area contributed by atoms with Crippen LogP contribution < -0.4 is 14.8 Å². The molecule has 3 heterocycles. The Morgan fingerprint density at radius 2 is 1.89 bits per heavy atom. The van der Waals surface area contributed by atoms with E-state index in [1.54, 1.807) is 27.7 Å². The van der Waals surface area contributed by atoms with Gasteiger partial charge in [-0.3, -0.25) is 9.59 Å². The molecule has 2 aliphatic heterocycles. The molecule has 1 aromatic carbocycles. The summed E-state index contributed by atoms with van der Waals surface area (Å²) >= 11 is 0. The van der Waals surface area contributed by atoms with Crippen molar-refractivity contribution in [1.82, 2.24) is 15.2 Å². The van der Waals surface area contributed by atoms with Gasteiger partial charge in [0.05, 0.1) is 25.2 Å². The molecule has 5 rings (SSSR count). The Balaban J connectivity index is 1.61. The first-order valence-electron chi connectivity index (χ1n) is 16.2. The van der Waals surface area contributed by atoms with Gasteiger partial charge in [0, 0.05) is 23.8 Å². The highest BCUT2D eigenvalue weighted by Crippen LogP contribution is 2.45. The lowest BCUT2D eigenvalue weighted by atomic mass is 9.85. The average molecular weight is 648 g/mol. The van der Waals surface area contributed by atoms with Crippen molar-refractivity contribution >= 4 is 28.7 Å². The lowest BCUT2D eigenvalue weighted by Crippen LogP contribution is -2.57. The first-order chi connectivity index (χ1) is 21.7. The van der Waals surface area contributed by atoms with Crippen molar-refractivity contribution < 1.29 is 41.8 Å². The number of nitrogens with zero attached hydrogens (tertiary/aromatic N) is 2. The fourth-order valence-electron chi connectivity index (χ4n) is 6.92. The number of nitrogens with one attached hydrogen (secondary N) is 1. The van der Waals surface area contributed by atoms with E-state index < -0.39 is 71.1 Å². The van der Waals surface area contributed by atoms with E-state index in [0.29, 0.717) is 37.9 Å². The molecule has 0 spiro atoms. The Hall–Kier alpha value is -3.57. The number of halogens is 3. The second kappa shape index (κ2) is 12.9. The van der Waals surface area contributed by atoms with Gasteiger partial charge < -0.3 is 24.4 Å². The van der Waals surface area contributed by atoms with E-state index in [2.05, 4.69) is 10.3 Å². The van der Waals surface area contributed by atoms with E-state index >= 15 is 13.2 Å². The van der Waals surface area contributed by atoms with E-state index in [0.717, 1.165) is 0 Å². The molecule has 12 heteroatoms. The summed E-state index contributed by atoms with van der Waals surface area (Å²) in [5.41, 5.74) is -1.63. The number of fused-ring (bicyclic) bond motifs is 5. The lowest BCUT2D eigenvalue weighted by molar-refractivity contribution is -0.141. The summed E-state index contributed by atoms with van der Waals surface area (Å²) in [5, 5.41) is 2.64. The van der Waals surface area contributed by atoms with Gasteiger partial charge in [-0.15, -0.1) is 0 Å². The molecule has 3 aliphatic rings. The smallest absolute Gasteiger partial charge is 0.408 e. The van der Waals surface area contributed by atoms with Gasteiger partial charge >= 0.3 is 6.09 Å². The van der Waals surface area contributed by atoms with Gasteiger partial charge in [-0.1, -0.05) is 40.5 Å². The number of alkyl carbamates (subject to hydrolysis) is 1. The lowest BCUT2D eigenvalue weighted by Gasteiger charge is -2.35. The Morgan fingerprint density at radius 3 is 2.54 bits per heavy atom. The topological polar surface area (TPSA) is 107 Å². The zero-order valence-corrected chi connectivity index (χ0v) is 27.3. The number of carbonyl (C=O) groups is 3. The maximum absolute atomic E-state index is 16.2. The van der Waals surface area contributed by atoms with Crippen molar-refractivity contribution in [3.05, 3.63) is 29.6 Å². The molecule has 252 valence electrons. The van der Waals surface area contributed by atoms with E-state index in [1.807, 2.05) is 0 Å². The molecule has 1 saturated carbocycles. The molecule has 46 heavy (non-hydrogen) atoms. The fourth-order valence-corrected chi connectivity index (χ4v) is 6.92. The van der Waals surface area contributed by atoms with Crippen LogP contribution in [0.25, 0.3) is 10.9 Å². The van der Waals surface area contributed by atoms with Crippen molar-refractivity contribution in [3.8, 4) is 11.6 Å². The highest BCUT2D eigenvalue weighted by atomic mass is 19.3. The predicted octanol–water partition coefficient (Wildman–Crippen LogP) is 6.54. The van der Waals surface area contributed by atoms with Crippen LogP contribution in [0.3, 0.4) is 0 Å². The largest absolute Gasteiger partial charge is 0.497 e. The SMILES string of the molecule is CCC1[C@@H]2CN(C(=O)[C@H](C(C)(C)C)NC(=O)O[C@@H]3C[C@H]3CCCCCC(F)(F)c3c(nc4cc(OC)ccc4c3F)O2)[C@@H]1C(C)=O. The van der Waals surface area contributed by atoms with Crippen molar-refractivity contribution in [2.75, 3.05) is 13.7 Å². The van der Waals surface area contributed by atoms with E-state index in [-0.39, 0.29) is 41.7 Å². The first kappa shape index (κ1) is 33.8. The Morgan fingerprint density at radius 1 is 1.15 bits per heavy atom. The maximum atomic E-state index is 16.2. The van der Waals surface area contributed by atoms with Gasteiger partial charge in [0.1, 0.15) is 35.4 Å². The molecule has 1 unspecified atom stereocenters. The number of benzene rings is 1. The highest BCUT2D eigenvalue weighted by molar-refractivity contribution is 5.92. The Kier molecular flexibility index (Phi) is 9.48. The van der Waals surface area contributed by atoms with Crippen LogP contribution >= 0.6 is 0 Å². The third kappa shape index (κ3) is 6.76. The third-order valence-corrected chi connectivity index (χ3v) is 9.55. The fraction of sp³-hybridized carbons (Fsp3) is 0.647. The number of hydrogen-bond donors (Lipinski definition) is 1. The first-order valence-corrected chi connectivity index (χ1v) is 16.2. The molecule has 0 radical (unpaired) electrons. The third-order valence-electron chi connectivity index (χ3n) is 9.55. The zero-order chi connectivity index (χ0) is 33.6. The van der Waals surface area contributed by atoms with E-state index in [4.69, 9.17) is 14.2 Å². The number of carbonyl (C=O) groups excluding carboxylic acids is 3. The number of hydrogen-bond acceptors (Lipinski definition) is 7. The zero-order valence-electron chi connectivity index (χ0n) is 27.3. The molecular formula is C34H44F3N3O6. The molecule has 2 aromatic rings. The quantitative estimate of drug-likeness (QED) is 0.403. The number of ketones is 1. The van der Waals surface area contributed by atoms with Crippen LogP contribution in [0.2, 0.25) is 0 Å². The van der Waals surface area contributed by atoms with Crippen molar-refractivity contribution in [1.29, 1.82) is 0 Å². The minimum absolute atomic E-state index is 0.0707. The number of amides is 2. The average Bonchev–Trinajstić information content (AvgIpc) is 3.60.